The van der Waals surface area contributed by atoms with Crippen molar-refractivity contribution in [2.75, 3.05) is 26.1 Å². The Hall–Kier alpha value is -0.0500. The van der Waals surface area contributed by atoms with Gasteiger partial charge in [0.1, 0.15) is 0 Å². The Balaban J connectivity index is 2.57. The summed E-state index contributed by atoms with van der Waals surface area (Å²) in [4.78, 5) is 2.08. The highest BCUT2D eigenvalue weighted by atomic mass is 35.5. The number of likely N-dealkylation sites (N-methyl/N-ethyl adjacent to an activating group) is 1. The summed E-state index contributed by atoms with van der Waals surface area (Å²) in [5.74, 6) is 0.537. The number of nitrogens with zero attached hydrogens (tertiary/aromatic N) is 1. The molecule has 1 atom stereocenters. The summed E-state index contributed by atoms with van der Waals surface area (Å²) in [5.41, 5.74) is 1.15. The SMILES string of the molecule is CN1CC=C(CCl)C1CO. The van der Waals surface area contributed by atoms with Crippen LogP contribution in [0.1, 0.15) is 0 Å². The lowest BCUT2D eigenvalue weighted by molar-refractivity contribution is 0.193. The number of hydrogen-bond donors (Lipinski definition) is 1. The molecule has 0 spiro atoms. The van der Waals surface area contributed by atoms with Crippen molar-refractivity contribution in [3.63, 3.8) is 0 Å². The molecule has 1 unspecified atom stereocenters. The predicted molar refractivity (Wildman–Crippen MR) is 42.3 cm³/mol. The van der Waals surface area contributed by atoms with Crippen LogP contribution in [0, 0.1) is 0 Å². The molecule has 0 aromatic rings. The van der Waals surface area contributed by atoms with Crippen LogP contribution in [0.3, 0.4) is 0 Å². The fourth-order valence-electron chi connectivity index (χ4n) is 1.21. The van der Waals surface area contributed by atoms with E-state index in [1.807, 2.05) is 7.05 Å². The summed E-state index contributed by atoms with van der Waals surface area (Å²) in [5, 5.41) is 8.90. The van der Waals surface area contributed by atoms with Crippen molar-refractivity contribution >= 4 is 11.6 Å². The highest BCUT2D eigenvalue weighted by Gasteiger charge is 2.21. The predicted octanol–water partition coefficient (Wildman–Crippen LogP) is 0.458. The van der Waals surface area contributed by atoms with Gasteiger partial charge < -0.3 is 5.11 Å². The molecule has 0 bridgehead atoms. The van der Waals surface area contributed by atoms with E-state index < -0.39 is 0 Å². The Kier molecular flexibility index (Phi) is 2.72. The first-order valence-corrected chi connectivity index (χ1v) is 3.89. The normalized spacial score (nSPS) is 27.1. The lowest BCUT2D eigenvalue weighted by Gasteiger charge is -2.19. The van der Waals surface area contributed by atoms with Gasteiger partial charge in [-0.05, 0) is 12.6 Å². The van der Waals surface area contributed by atoms with Gasteiger partial charge in [-0.25, -0.2) is 0 Å². The molecule has 1 N–H and O–H groups in total. The molecule has 1 heterocycles. The van der Waals surface area contributed by atoms with Gasteiger partial charge in [0.05, 0.1) is 12.6 Å². The molecule has 2 nitrogen and oxygen atoms in total. The fraction of sp³-hybridized carbons (Fsp3) is 0.714. The molecular formula is C7H12ClNO. The van der Waals surface area contributed by atoms with Gasteiger partial charge in [0, 0.05) is 12.4 Å². The number of rotatable bonds is 2. The molecule has 0 fully saturated rings. The van der Waals surface area contributed by atoms with Crippen LogP contribution < -0.4 is 0 Å². The van der Waals surface area contributed by atoms with Gasteiger partial charge in [-0.15, -0.1) is 11.6 Å². The third-order valence-corrected chi connectivity index (χ3v) is 2.24. The summed E-state index contributed by atoms with van der Waals surface area (Å²) in [6.07, 6.45) is 2.08. The van der Waals surface area contributed by atoms with Gasteiger partial charge in [-0.1, -0.05) is 6.08 Å². The monoisotopic (exact) mass is 161 g/mol. The Morgan fingerprint density at radius 2 is 2.60 bits per heavy atom. The first-order chi connectivity index (χ1) is 4.79. The number of halogens is 1. The highest BCUT2D eigenvalue weighted by molar-refractivity contribution is 6.19. The van der Waals surface area contributed by atoms with E-state index >= 15 is 0 Å². The summed E-state index contributed by atoms with van der Waals surface area (Å²) in [6, 6.07) is 0.164. The van der Waals surface area contributed by atoms with Crippen LogP contribution in [0.25, 0.3) is 0 Å². The van der Waals surface area contributed by atoms with Crippen LogP contribution in [0.2, 0.25) is 0 Å². The van der Waals surface area contributed by atoms with E-state index in [0.717, 1.165) is 12.1 Å². The van der Waals surface area contributed by atoms with Crippen LogP contribution in [0.4, 0.5) is 0 Å². The Morgan fingerprint density at radius 3 is 3.00 bits per heavy atom. The largest absolute Gasteiger partial charge is 0.394 e. The average Bonchev–Trinajstić information content (AvgIpc) is 2.30. The van der Waals surface area contributed by atoms with Crippen LogP contribution in [-0.2, 0) is 0 Å². The van der Waals surface area contributed by atoms with Crippen LogP contribution >= 0.6 is 11.6 Å². The maximum Gasteiger partial charge on any atom is 0.0625 e. The molecule has 1 aliphatic rings. The van der Waals surface area contributed by atoms with Crippen molar-refractivity contribution in [3.05, 3.63) is 11.6 Å². The average molecular weight is 162 g/mol. The van der Waals surface area contributed by atoms with E-state index in [1.165, 1.54) is 0 Å². The molecule has 0 aromatic carbocycles. The fourth-order valence-corrected chi connectivity index (χ4v) is 1.50. The number of hydrogen-bond acceptors (Lipinski definition) is 2. The van der Waals surface area contributed by atoms with Crippen molar-refractivity contribution in [2.45, 2.75) is 6.04 Å². The van der Waals surface area contributed by atoms with Crippen molar-refractivity contribution in [3.8, 4) is 0 Å². The van der Waals surface area contributed by atoms with E-state index in [2.05, 4.69) is 11.0 Å². The van der Waals surface area contributed by atoms with Crippen LogP contribution in [0.5, 0.6) is 0 Å². The van der Waals surface area contributed by atoms with E-state index in [0.29, 0.717) is 5.88 Å². The summed E-state index contributed by atoms with van der Waals surface area (Å²) in [7, 11) is 1.98. The lowest BCUT2D eigenvalue weighted by atomic mass is 10.2. The van der Waals surface area contributed by atoms with Crippen molar-refractivity contribution in [1.82, 2.24) is 4.90 Å². The van der Waals surface area contributed by atoms with E-state index in [4.69, 9.17) is 16.7 Å². The molecular weight excluding hydrogens is 150 g/mol. The van der Waals surface area contributed by atoms with Crippen molar-refractivity contribution < 1.29 is 5.11 Å². The molecule has 10 heavy (non-hydrogen) atoms. The molecule has 0 aromatic heterocycles. The molecule has 0 saturated carbocycles. The second kappa shape index (κ2) is 3.37. The summed E-state index contributed by atoms with van der Waals surface area (Å²) < 4.78 is 0. The van der Waals surface area contributed by atoms with Crippen LogP contribution in [-0.4, -0.2) is 42.1 Å². The zero-order valence-corrected chi connectivity index (χ0v) is 6.80. The van der Waals surface area contributed by atoms with Crippen LogP contribution in [0.15, 0.2) is 11.6 Å². The third kappa shape index (κ3) is 1.34. The zero-order valence-electron chi connectivity index (χ0n) is 6.05. The first-order valence-electron chi connectivity index (χ1n) is 3.35. The molecule has 1 rings (SSSR count). The number of alkyl halides is 1. The number of aliphatic hydroxyl groups excluding tert-OH is 1. The second-order valence-electron chi connectivity index (χ2n) is 2.55. The van der Waals surface area contributed by atoms with Gasteiger partial charge in [0.2, 0.25) is 0 Å². The maximum atomic E-state index is 8.90. The third-order valence-electron chi connectivity index (χ3n) is 1.93. The van der Waals surface area contributed by atoms with Gasteiger partial charge >= 0.3 is 0 Å². The molecule has 0 radical (unpaired) electrons. The maximum absolute atomic E-state index is 8.90. The smallest absolute Gasteiger partial charge is 0.0625 e. The summed E-state index contributed by atoms with van der Waals surface area (Å²) >= 11 is 5.64. The highest BCUT2D eigenvalue weighted by Crippen LogP contribution is 2.16. The minimum absolute atomic E-state index is 0.164. The number of aliphatic hydroxyl groups is 1. The molecule has 0 saturated heterocycles. The van der Waals surface area contributed by atoms with Crippen molar-refractivity contribution in [2.24, 2.45) is 0 Å². The topological polar surface area (TPSA) is 23.5 Å². The van der Waals surface area contributed by atoms with E-state index in [-0.39, 0.29) is 12.6 Å². The Labute approximate surface area is 66.1 Å². The van der Waals surface area contributed by atoms with E-state index in [1.54, 1.807) is 0 Å². The Morgan fingerprint density at radius 1 is 1.90 bits per heavy atom. The summed E-state index contributed by atoms with van der Waals surface area (Å²) in [6.45, 7) is 1.09. The first kappa shape index (κ1) is 8.05. The molecule has 0 aliphatic carbocycles. The minimum atomic E-state index is 0.164. The standard InChI is InChI=1S/C7H12ClNO/c1-9-3-2-6(4-8)7(9)5-10/h2,7,10H,3-5H2,1H3. The molecule has 3 heteroatoms. The quantitative estimate of drug-likeness (QED) is 0.470. The van der Waals surface area contributed by atoms with E-state index in [9.17, 15) is 0 Å². The second-order valence-corrected chi connectivity index (χ2v) is 2.82. The molecule has 1 aliphatic heterocycles. The van der Waals surface area contributed by atoms with Gasteiger partial charge in [0.25, 0.3) is 0 Å². The molecule has 58 valence electrons. The lowest BCUT2D eigenvalue weighted by Crippen LogP contribution is -2.31. The van der Waals surface area contributed by atoms with Gasteiger partial charge in [0.15, 0.2) is 0 Å². The van der Waals surface area contributed by atoms with Crippen molar-refractivity contribution in [1.29, 1.82) is 0 Å². The molecule has 0 amide bonds. The minimum Gasteiger partial charge on any atom is -0.394 e. The van der Waals surface area contributed by atoms with Gasteiger partial charge in [-0.3, -0.25) is 4.90 Å². The van der Waals surface area contributed by atoms with Gasteiger partial charge in [-0.2, -0.15) is 0 Å². The zero-order chi connectivity index (χ0) is 7.56. The Bertz CT molecular complexity index is 147.